The molecule has 0 bridgehead atoms. The van der Waals surface area contributed by atoms with Crippen LogP contribution in [0.5, 0.6) is 0 Å². The fraction of sp³-hybridized carbons (Fsp3) is 0.0500. The van der Waals surface area contributed by atoms with Gasteiger partial charge in [0.05, 0.1) is 26.5 Å². The van der Waals surface area contributed by atoms with Crippen LogP contribution in [0.3, 0.4) is 0 Å². The van der Waals surface area contributed by atoms with Crippen LogP contribution in [0.15, 0.2) is 66.9 Å². The third kappa shape index (κ3) is 3.27. The van der Waals surface area contributed by atoms with E-state index in [9.17, 15) is 4.79 Å². The lowest BCUT2D eigenvalue weighted by Gasteiger charge is -2.06. The highest BCUT2D eigenvalue weighted by molar-refractivity contribution is 7.18. The lowest BCUT2D eigenvalue weighted by Crippen LogP contribution is -2.12. The average Bonchev–Trinajstić information content (AvgIpc) is 3.02. The molecular weight excluding hydrogens is 330 g/mol. The zero-order valence-electron chi connectivity index (χ0n) is 13.6. The number of aromatic nitrogens is 2. The molecule has 0 atom stereocenters. The predicted molar refractivity (Wildman–Crippen MR) is 102 cm³/mol. The fourth-order valence-corrected chi connectivity index (χ4v) is 3.44. The van der Waals surface area contributed by atoms with Crippen LogP contribution in [-0.2, 0) is 0 Å². The zero-order chi connectivity index (χ0) is 17.2. The Bertz CT molecular complexity index is 1040. The number of carbonyl (C=O) groups excluding carboxylic acids is 1. The molecule has 0 radical (unpaired) electrons. The second-order valence-electron chi connectivity index (χ2n) is 5.67. The van der Waals surface area contributed by atoms with Crippen LogP contribution < -0.4 is 5.32 Å². The Hall–Kier alpha value is -3.05. The second-order valence-corrected chi connectivity index (χ2v) is 6.90. The van der Waals surface area contributed by atoms with Crippen molar-refractivity contribution in [1.29, 1.82) is 0 Å². The van der Waals surface area contributed by atoms with Crippen molar-refractivity contribution in [1.82, 2.24) is 9.97 Å². The van der Waals surface area contributed by atoms with E-state index >= 15 is 0 Å². The summed E-state index contributed by atoms with van der Waals surface area (Å²) in [5.74, 6) is -0.182. The smallest absolute Gasteiger partial charge is 0.257 e. The first kappa shape index (κ1) is 15.5. The fourth-order valence-electron chi connectivity index (χ4n) is 2.63. The van der Waals surface area contributed by atoms with Crippen molar-refractivity contribution < 1.29 is 4.79 Å². The molecule has 25 heavy (non-hydrogen) atoms. The Balaban J connectivity index is 1.53. The van der Waals surface area contributed by atoms with Crippen molar-refractivity contribution in [2.45, 2.75) is 6.92 Å². The molecule has 4 rings (SSSR count). The highest BCUT2D eigenvalue weighted by atomic mass is 32.1. The molecular formula is C20H15N3OS. The molecule has 0 fully saturated rings. The van der Waals surface area contributed by atoms with E-state index in [0.717, 1.165) is 32.2 Å². The number of hydrogen-bond acceptors (Lipinski definition) is 4. The van der Waals surface area contributed by atoms with Crippen LogP contribution in [0.2, 0.25) is 0 Å². The molecule has 0 saturated heterocycles. The van der Waals surface area contributed by atoms with Crippen molar-refractivity contribution in [2.24, 2.45) is 0 Å². The summed E-state index contributed by atoms with van der Waals surface area (Å²) in [6, 6.07) is 19.3. The standard InChI is InChI=1S/C20H15N3OS/c1-13-22-18-11-16(8-10-19(18)25-13)23-20(24)15-7-9-17(21-12-15)14-5-3-2-4-6-14/h2-12H,1H3,(H,23,24). The Morgan fingerprint density at radius 1 is 1.04 bits per heavy atom. The first-order valence-corrected chi connectivity index (χ1v) is 8.71. The Kier molecular flexibility index (Phi) is 3.99. The highest BCUT2D eigenvalue weighted by Crippen LogP contribution is 2.24. The molecule has 0 aliphatic heterocycles. The van der Waals surface area contributed by atoms with Gasteiger partial charge in [0.25, 0.3) is 5.91 Å². The van der Waals surface area contributed by atoms with Gasteiger partial charge in [-0.2, -0.15) is 0 Å². The molecule has 0 aliphatic rings. The number of aryl methyl sites for hydroxylation is 1. The number of fused-ring (bicyclic) bond motifs is 1. The molecule has 2 aromatic heterocycles. The Morgan fingerprint density at radius 3 is 2.64 bits per heavy atom. The Morgan fingerprint density at radius 2 is 1.88 bits per heavy atom. The van der Waals surface area contributed by atoms with E-state index in [1.54, 1.807) is 23.6 Å². The molecule has 0 saturated carbocycles. The number of pyridine rings is 1. The van der Waals surface area contributed by atoms with Crippen molar-refractivity contribution in [2.75, 3.05) is 5.32 Å². The summed E-state index contributed by atoms with van der Waals surface area (Å²) in [6.45, 7) is 1.98. The summed E-state index contributed by atoms with van der Waals surface area (Å²) < 4.78 is 1.12. The minimum absolute atomic E-state index is 0.182. The number of amides is 1. The van der Waals surface area contributed by atoms with Gasteiger partial charge in [-0.05, 0) is 37.3 Å². The lowest BCUT2D eigenvalue weighted by atomic mass is 10.1. The van der Waals surface area contributed by atoms with E-state index < -0.39 is 0 Å². The van der Waals surface area contributed by atoms with Crippen molar-refractivity contribution in [3.8, 4) is 11.3 Å². The number of benzene rings is 2. The van der Waals surface area contributed by atoms with Gasteiger partial charge in [0.1, 0.15) is 0 Å². The van der Waals surface area contributed by atoms with Gasteiger partial charge in [0.15, 0.2) is 0 Å². The van der Waals surface area contributed by atoms with Gasteiger partial charge >= 0.3 is 0 Å². The normalized spacial score (nSPS) is 10.8. The maximum Gasteiger partial charge on any atom is 0.257 e. The number of nitrogens with zero attached hydrogens (tertiary/aromatic N) is 2. The zero-order valence-corrected chi connectivity index (χ0v) is 14.4. The van der Waals surface area contributed by atoms with Gasteiger partial charge in [-0.25, -0.2) is 4.98 Å². The minimum Gasteiger partial charge on any atom is -0.322 e. The lowest BCUT2D eigenvalue weighted by molar-refractivity contribution is 0.102. The molecule has 2 heterocycles. The monoisotopic (exact) mass is 345 g/mol. The van der Waals surface area contributed by atoms with Crippen molar-refractivity contribution in [3.05, 3.63) is 77.4 Å². The Labute approximate surface area is 149 Å². The summed E-state index contributed by atoms with van der Waals surface area (Å²) in [4.78, 5) is 21.3. The largest absolute Gasteiger partial charge is 0.322 e. The van der Waals surface area contributed by atoms with E-state index in [1.165, 1.54) is 0 Å². The van der Waals surface area contributed by atoms with Crippen LogP contribution in [0, 0.1) is 6.92 Å². The van der Waals surface area contributed by atoms with Gasteiger partial charge in [0.2, 0.25) is 0 Å². The topological polar surface area (TPSA) is 54.9 Å². The number of hydrogen-bond donors (Lipinski definition) is 1. The van der Waals surface area contributed by atoms with Crippen LogP contribution >= 0.6 is 11.3 Å². The number of anilines is 1. The van der Waals surface area contributed by atoms with Crippen LogP contribution in [-0.4, -0.2) is 15.9 Å². The first-order chi connectivity index (χ1) is 12.2. The van der Waals surface area contributed by atoms with E-state index in [0.29, 0.717) is 5.56 Å². The number of carbonyl (C=O) groups is 1. The summed E-state index contributed by atoms with van der Waals surface area (Å²) in [5.41, 5.74) is 4.03. The molecule has 2 aromatic carbocycles. The molecule has 5 heteroatoms. The maximum atomic E-state index is 12.4. The highest BCUT2D eigenvalue weighted by Gasteiger charge is 2.09. The van der Waals surface area contributed by atoms with E-state index in [2.05, 4.69) is 15.3 Å². The van der Waals surface area contributed by atoms with Gasteiger partial charge < -0.3 is 5.32 Å². The average molecular weight is 345 g/mol. The first-order valence-electron chi connectivity index (χ1n) is 7.89. The van der Waals surface area contributed by atoms with Crippen LogP contribution in [0.4, 0.5) is 5.69 Å². The van der Waals surface area contributed by atoms with E-state index in [4.69, 9.17) is 0 Å². The summed E-state index contributed by atoms with van der Waals surface area (Å²) in [6.07, 6.45) is 1.60. The quantitative estimate of drug-likeness (QED) is 0.573. The van der Waals surface area contributed by atoms with Gasteiger partial charge in [-0.3, -0.25) is 9.78 Å². The number of nitrogens with one attached hydrogen (secondary N) is 1. The van der Waals surface area contributed by atoms with Gasteiger partial charge in [-0.1, -0.05) is 30.3 Å². The number of rotatable bonds is 3. The third-order valence-corrected chi connectivity index (χ3v) is 4.80. The van der Waals surface area contributed by atoms with Crippen LogP contribution in [0.25, 0.3) is 21.5 Å². The van der Waals surface area contributed by atoms with Gasteiger partial charge in [-0.15, -0.1) is 11.3 Å². The van der Waals surface area contributed by atoms with Crippen LogP contribution in [0.1, 0.15) is 15.4 Å². The number of thiazole rings is 1. The molecule has 4 aromatic rings. The third-order valence-electron chi connectivity index (χ3n) is 3.85. The molecule has 0 aliphatic carbocycles. The van der Waals surface area contributed by atoms with Crippen molar-refractivity contribution >= 4 is 33.1 Å². The molecule has 1 N–H and O–H groups in total. The summed E-state index contributed by atoms with van der Waals surface area (Å²) in [5, 5.41) is 3.92. The minimum atomic E-state index is -0.182. The summed E-state index contributed by atoms with van der Waals surface area (Å²) in [7, 11) is 0. The molecule has 0 spiro atoms. The SMILES string of the molecule is Cc1nc2cc(NC(=O)c3ccc(-c4ccccc4)nc3)ccc2s1. The molecule has 4 nitrogen and oxygen atoms in total. The van der Waals surface area contributed by atoms with Crippen molar-refractivity contribution in [3.63, 3.8) is 0 Å². The predicted octanol–water partition coefficient (Wildman–Crippen LogP) is 4.92. The maximum absolute atomic E-state index is 12.4. The second kappa shape index (κ2) is 6.45. The molecule has 1 amide bonds. The van der Waals surface area contributed by atoms with E-state index in [1.807, 2.05) is 61.5 Å². The van der Waals surface area contributed by atoms with E-state index in [-0.39, 0.29) is 5.91 Å². The summed E-state index contributed by atoms with van der Waals surface area (Å²) >= 11 is 1.64. The molecule has 0 unspecified atom stereocenters. The van der Waals surface area contributed by atoms with Gasteiger partial charge in [0, 0.05) is 17.4 Å². The molecule has 122 valence electrons.